The van der Waals surface area contributed by atoms with Crippen molar-refractivity contribution in [2.24, 2.45) is 0 Å². The summed E-state index contributed by atoms with van der Waals surface area (Å²) in [4.78, 5) is 10.8. The number of carbonyl (C=O) groups excluding carboxylic acids is 1. The van der Waals surface area contributed by atoms with E-state index in [0.29, 0.717) is 6.42 Å². The zero-order valence-corrected chi connectivity index (χ0v) is 12.5. The van der Waals surface area contributed by atoms with Crippen molar-refractivity contribution in [1.29, 1.82) is 0 Å². The number of rotatable bonds is 8. The molecular formula is C16H25NO2. The van der Waals surface area contributed by atoms with Gasteiger partial charge in [-0.3, -0.25) is 0 Å². The molecule has 0 bridgehead atoms. The Morgan fingerprint density at radius 2 is 2.00 bits per heavy atom. The van der Waals surface area contributed by atoms with Crippen molar-refractivity contribution in [3.63, 3.8) is 0 Å². The number of ketones is 1. The molecule has 0 amide bonds. The van der Waals surface area contributed by atoms with E-state index < -0.39 is 0 Å². The number of benzene rings is 1. The van der Waals surface area contributed by atoms with Crippen molar-refractivity contribution in [2.45, 2.75) is 40.0 Å². The van der Waals surface area contributed by atoms with Gasteiger partial charge in [0, 0.05) is 6.42 Å². The van der Waals surface area contributed by atoms with Crippen LogP contribution < -0.4 is 10.1 Å². The number of Topliss-reactive ketones (excluding diaryl/α,β-unsaturated/α-hetero) is 1. The maximum Gasteiger partial charge on any atom is 0.129 e. The first-order valence-electron chi connectivity index (χ1n) is 6.89. The Kier molecular flexibility index (Phi) is 6.57. The topological polar surface area (TPSA) is 38.3 Å². The molecule has 0 radical (unpaired) electrons. The first kappa shape index (κ1) is 15.7. The molecule has 0 aliphatic heterocycles. The molecule has 1 aromatic carbocycles. The lowest BCUT2D eigenvalue weighted by molar-refractivity contribution is -0.117. The monoisotopic (exact) mass is 263 g/mol. The van der Waals surface area contributed by atoms with E-state index in [1.165, 1.54) is 16.7 Å². The minimum absolute atomic E-state index is 0.262. The van der Waals surface area contributed by atoms with Gasteiger partial charge in [-0.15, -0.1) is 0 Å². The van der Waals surface area contributed by atoms with Gasteiger partial charge < -0.3 is 14.8 Å². The highest BCUT2D eigenvalue weighted by Crippen LogP contribution is 2.24. The number of methoxy groups -OCH3 is 1. The molecular weight excluding hydrogens is 238 g/mol. The van der Waals surface area contributed by atoms with Crippen molar-refractivity contribution in [3.05, 3.63) is 28.8 Å². The molecule has 19 heavy (non-hydrogen) atoms. The minimum atomic E-state index is 0.262. The van der Waals surface area contributed by atoms with Gasteiger partial charge in [-0.2, -0.15) is 0 Å². The van der Waals surface area contributed by atoms with Crippen LogP contribution in [-0.2, 0) is 11.2 Å². The van der Waals surface area contributed by atoms with E-state index in [2.05, 4.69) is 31.3 Å². The van der Waals surface area contributed by atoms with Crippen LogP contribution in [0.2, 0.25) is 0 Å². The summed E-state index contributed by atoms with van der Waals surface area (Å²) in [6.45, 7) is 7.66. The Morgan fingerprint density at radius 1 is 1.26 bits per heavy atom. The molecule has 0 aliphatic rings. The smallest absolute Gasteiger partial charge is 0.129 e. The summed E-state index contributed by atoms with van der Waals surface area (Å²) < 4.78 is 5.44. The number of ether oxygens (including phenoxy) is 1. The normalized spacial score (nSPS) is 10.5. The maximum atomic E-state index is 10.8. The zero-order valence-electron chi connectivity index (χ0n) is 12.5. The van der Waals surface area contributed by atoms with E-state index in [4.69, 9.17) is 4.74 Å². The van der Waals surface area contributed by atoms with Crippen LogP contribution in [0.1, 0.15) is 36.5 Å². The summed E-state index contributed by atoms with van der Waals surface area (Å²) in [5.41, 5.74) is 3.78. The van der Waals surface area contributed by atoms with Crippen LogP contribution in [0, 0.1) is 13.8 Å². The highest BCUT2D eigenvalue weighted by Gasteiger charge is 2.07. The van der Waals surface area contributed by atoms with E-state index in [1.54, 1.807) is 14.0 Å². The van der Waals surface area contributed by atoms with Gasteiger partial charge in [0.25, 0.3) is 0 Å². The molecule has 3 nitrogen and oxygen atoms in total. The summed E-state index contributed by atoms with van der Waals surface area (Å²) >= 11 is 0. The van der Waals surface area contributed by atoms with Crippen LogP contribution in [0.25, 0.3) is 0 Å². The second kappa shape index (κ2) is 7.95. The first-order chi connectivity index (χ1) is 9.04. The quantitative estimate of drug-likeness (QED) is 0.733. The Labute approximate surface area is 116 Å². The molecule has 0 saturated carbocycles. The van der Waals surface area contributed by atoms with Crippen LogP contribution in [0.3, 0.4) is 0 Å². The summed E-state index contributed by atoms with van der Waals surface area (Å²) in [5.74, 6) is 1.24. The van der Waals surface area contributed by atoms with Gasteiger partial charge in [-0.1, -0.05) is 6.07 Å². The molecule has 106 valence electrons. The van der Waals surface area contributed by atoms with E-state index in [-0.39, 0.29) is 5.78 Å². The lowest BCUT2D eigenvalue weighted by Crippen LogP contribution is -2.19. The summed E-state index contributed by atoms with van der Waals surface area (Å²) in [5, 5.41) is 3.37. The molecule has 0 heterocycles. The van der Waals surface area contributed by atoms with Crippen LogP contribution >= 0.6 is 0 Å². The minimum Gasteiger partial charge on any atom is -0.496 e. The molecule has 0 spiro atoms. The van der Waals surface area contributed by atoms with Crippen molar-refractivity contribution in [3.8, 4) is 5.75 Å². The average Bonchev–Trinajstić information content (AvgIpc) is 2.34. The third-order valence-corrected chi connectivity index (χ3v) is 3.23. The van der Waals surface area contributed by atoms with Gasteiger partial charge in [0.2, 0.25) is 0 Å². The van der Waals surface area contributed by atoms with E-state index >= 15 is 0 Å². The number of hydrogen-bond acceptors (Lipinski definition) is 3. The molecule has 3 heteroatoms. The summed E-state index contributed by atoms with van der Waals surface area (Å²) in [7, 11) is 1.72. The van der Waals surface area contributed by atoms with Crippen LogP contribution in [0.15, 0.2) is 12.1 Å². The number of carbonyl (C=O) groups is 1. The third kappa shape index (κ3) is 5.43. The standard InChI is InChI=1S/C16H25NO2/c1-12-10-13(2)15(16(11-12)19-4)7-9-17-8-5-6-14(3)18/h10-11,17H,5-9H2,1-4H3. The van der Waals surface area contributed by atoms with Crippen LogP contribution in [-0.4, -0.2) is 26.0 Å². The zero-order chi connectivity index (χ0) is 14.3. The molecule has 0 aromatic heterocycles. The van der Waals surface area contributed by atoms with E-state index in [1.807, 2.05) is 0 Å². The fourth-order valence-electron chi connectivity index (χ4n) is 2.26. The van der Waals surface area contributed by atoms with E-state index in [9.17, 15) is 4.79 Å². The van der Waals surface area contributed by atoms with Gasteiger partial charge in [0.1, 0.15) is 11.5 Å². The molecule has 0 saturated heterocycles. The van der Waals surface area contributed by atoms with Crippen LogP contribution in [0.4, 0.5) is 0 Å². The molecule has 0 unspecified atom stereocenters. The largest absolute Gasteiger partial charge is 0.496 e. The van der Waals surface area contributed by atoms with Gasteiger partial charge >= 0.3 is 0 Å². The SMILES string of the molecule is COc1cc(C)cc(C)c1CCNCCCC(C)=O. The van der Waals surface area contributed by atoms with Crippen molar-refractivity contribution in [1.82, 2.24) is 5.32 Å². The molecule has 0 aliphatic carbocycles. The highest BCUT2D eigenvalue weighted by atomic mass is 16.5. The number of hydrogen-bond donors (Lipinski definition) is 1. The predicted octanol–water partition coefficient (Wildman–Crippen LogP) is 2.81. The first-order valence-corrected chi connectivity index (χ1v) is 6.89. The van der Waals surface area contributed by atoms with Gasteiger partial charge in [0.15, 0.2) is 0 Å². The third-order valence-electron chi connectivity index (χ3n) is 3.23. The molecule has 1 aromatic rings. The summed E-state index contributed by atoms with van der Waals surface area (Å²) in [6.07, 6.45) is 2.54. The van der Waals surface area contributed by atoms with Gasteiger partial charge in [-0.05, 0) is 69.5 Å². The van der Waals surface area contributed by atoms with Crippen molar-refractivity contribution < 1.29 is 9.53 Å². The second-order valence-electron chi connectivity index (χ2n) is 5.07. The predicted molar refractivity (Wildman–Crippen MR) is 79.0 cm³/mol. The van der Waals surface area contributed by atoms with Gasteiger partial charge in [0.05, 0.1) is 7.11 Å². The Bertz CT molecular complexity index is 427. The van der Waals surface area contributed by atoms with E-state index in [0.717, 1.165) is 31.7 Å². The molecule has 1 rings (SSSR count). The molecule has 0 fully saturated rings. The van der Waals surface area contributed by atoms with Crippen molar-refractivity contribution in [2.75, 3.05) is 20.2 Å². The number of nitrogens with one attached hydrogen (secondary N) is 1. The average molecular weight is 263 g/mol. The highest BCUT2D eigenvalue weighted by molar-refractivity contribution is 5.75. The fraction of sp³-hybridized carbons (Fsp3) is 0.562. The number of aryl methyl sites for hydroxylation is 2. The van der Waals surface area contributed by atoms with Gasteiger partial charge in [-0.25, -0.2) is 0 Å². The lowest BCUT2D eigenvalue weighted by Gasteiger charge is -2.13. The Balaban J connectivity index is 2.42. The van der Waals surface area contributed by atoms with Crippen LogP contribution in [0.5, 0.6) is 5.75 Å². The fourth-order valence-corrected chi connectivity index (χ4v) is 2.26. The summed E-state index contributed by atoms with van der Waals surface area (Å²) in [6, 6.07) is 4.27. The van der Waals surface area contributed by atoms with Crippen molar-refractivity contribution >= 4 is 5.78 Å². The Hall–Kier alpha value is -1.35. The lowest BCUT2D eigenvalue weighted by atomic mass is 10.0. The maximum absolute atomic E-state index is 10.8. The Morgan fingerprint density at radius 3 is 2.63 bits per heavy atom. The second-order valence-corrected chi connectivity index (χ2v) is 5.07. The molecule has 0 atom stereocenters. The molecule has 1 N–H and O–H groups in total.